The van der Waals surface area contributed by atoms with Crippen molar-refractivity contribution in [1.29, 1.82) is 0 Å². The minimum absolute atomic E-state index is 0.0643. The van der Waals surface area contributed by atoms with E-state index in [0.717, 1.165) is 16.7 Å². The molecule has 6 heteroatoms. The molecule has 88 valence electrons. The van der Waals surface area contributed by atoms with Crippen molar-refractivity contribution < 1.29 is 13.9 Å². The van der Waals surface area contributed by atoms with Crippen molar-refractivity contribution in [2.75, 3.05) is 13.7 Å². The highest BCUT2D eigenvalue weighted by molar-refractivity contribution is 5.53. The largest absolute Gasteiger partial charge is 0.491 e. The van der Waals surface area contributed by atoms with Gasteiger partial charge >= 0.3 is 11.8 Å². The van der Waals surface area contributed by atoms with Gasteiger partial charge in [0.2, 0.25) is 0 Å². The van der Waals surface area contributed by atoms with Crippen LogP contribution in [-0.4, -0.2) is 23.5 Å². The maximum Gasteiger partial charge on any atom is 0.444 e. The molecular weight excluding hydrogens is 224 g/mol. The summed E-state index contributed by atoms with van der Waals surface area (Å²) in [5, 5.41) is 3.91. The molecule has 17 heavy (non-hydrogen) atoms. The van der Waals surface area contributed by atoms with Crippen LogP contribution in [0.1, 0.15) is 5.56 Å². The molecule has 1 aromatic carbocycles. The lowest BCUT2D eigenvalue weighted by Gasteiger charge is -2.04. The summed E-state index contributed by atoms with van der Waals surface area (Å²) in [6.45, 7) is 0.621. The Labute approximate surface area is 96.4 Å². The number of hydrogen-bond acceptors (Lipinski definition) is 5. The summed E-state index contributed by atoms with van der Waals surface area (Å²) in [5.74, 6) is 0.0938. The van der Waals surface area contributed by atoms with Crippen LogP contribution in [0.2, 0.25) is 0 Å². The van der Waals surface area contributed by atoms with Crippen LogP contribution in [0.15, 0.2) is 27.4 Å². The Morgan fingerprint density at radius 3 is 3.12 bits per heavy atom. The number of rotatable bonds is 2. The van der Waals surface area contributed by atoms with E-state index in [4.69, 9.17) is 13.9 Å². The van der Waals surface area contributed by atoms with Crippen LogP contribution >= 0.6 is 0 Å². The zero-order valence-corrected chi connectivity index (χ0v) is 9.17. The van der Waals surface area contributed by atoms with Gasteiger partial charge in [-0.3, -0.25) is 0 Å². The average molecular weight is 234 g/mol. The summed E-state index contributed by atoms with van der Waals surface area (Å²) in [4.78, 5) is 11.6. The van der Waals surface area contributed by atoms with Crippen LogP contribution in [0.25, 0.3) is 5.69 Å². The predicted octanol–water partition coefficient (Wildman–Crippen LogP) is 0.769. The molecule has 0 saturated carbocycles. The van der Waals surface area contributed by atoms with E-state index in [-0.39, 0.29) is 6.08 Å². The van der Waals surface area contributed by atoms with Gasteiger partial charge in [0.05, 0.1) is 13.7 Å². The molecule has 6 nitrogen and oxygen atoms in total. The Hall–Kier alpha value is -2.24. The first kappa shape index (κ1) is 9.95. The summed E-state index contributed by atoms with van der Waals surface area (Å²) in [6.07, 6.45) is 0.776. The van der Waals surface area contributed by atoms with Crippen molar-refractivity contribution in [3.63, 3.8) is 0 Å². The molecule has 0 unspecified atom stereocenters. The summed E-state index contributed by atoms with van der Waals surface area (Å²) >= 11 is 0. The van der Waals surface area contributed by atoms with Gasteiger partial charge in [0, 0.05) is 6.42 Å². The normalized spacial score (nSPS) is 13.2. The van der Waals surface area contributed by atoms with Crippen molar-refractivity contribution in [3.8, 4) is 17.5 Å². The highest BCUT2D eigenvalue weighted by Gasteiger charge is 2.20. The second-order valence-corrected chi connectivity index (χ2v) is 3.61. The first-order chi connectivity index (χ1) is 8.29. The van der Waals surface area contributed by atoms with Crippen molar-refractivity contribution >= 4 is 0 Å². The quantitative estimate of drug-likeness (QED) is 0.767. The van der Waals surface area contributed by atoms with Crippen molar-refractivity contribution in [3.05, 3.63) is 34.3 Å². The molecule has 1 aliphatic heterocycles. The third-order valence-electron chi connectivity index (χ3n) is 2.63. The lowest BCUT2D eigenvalue weighted by molar-refractivity contribution is 0.282. The first-order valence-corrected chi connectivity index (χ1v) is 5.19. The van der Waals surface area contributed by atoms with Gasteiger partial charge in [0.15, 0.2) is 0 Å². The van der Waals surface area contributed by atoms with Gasteiger partial charge in [-0.25, -0.2) is 4.79 Å². The molecule has 0 aliphatic carbocycles. The van der Waals surface area contributed by atoms with Crippen molar-refractivity contribution in [2.24, 2.45) is 0 Å². The number of hydrogen-bond donors (Lipinski definition) is 0. The molecule has 0 radical (unpaired) electrons. The summed E-state index contributed by atoms with van der Waals surface area (Å²) < 4.78 is 16.2. The molecule has 1 aromatic heterocycles. The van der Waals surface area contributed by atoms with Crippen LogP contribution < -0.4 is 15.2 Å². The second kappa shape index (κ2) is 3.65. The molecule has 2 aromatic rings. The molecule has 0 spiro atoms. The fraction of sp³-hybridized carbons (Fsp3) is 0.273. The zero-order valence-electron chi connectivity index (χ0n) is 9.17. The third kappa shape index (κ3) is 1.49. The number of methoxy groups -OCH3 is 1. The van der Waals surface area contributed by atoms with E-state index in [2.05, 4.69) is 5.10 Å². The predicted molar refractivity (Wildman–Crippen MR) is 57.9 cm³/mol. The van der Waals surface area contributed by atoms with Crippen LogP contribution in [0.3, 0.4) is 0 Å². The lowest BCUT2D eigenvalue weighted by Crippen LogP contribution is -2.14. The maximum absolute atomic E-state index is 11.6. The van der Waals surface area contributed by atoms with Crippen LogP contribution in [-0.2, 0) is 6.42 Å². The molecule has 1 aliphatic rings. The van der Waals surface area contributed by atoms with Crippen LogP contribution in [0.5, 0.6) is 11.8 Å². The fourth-order valence-electron chi connectivity index (χ4n) is 1.86. The van der Waals surface area contributed by atoms with E-state index in [0.29, 0.717) is 18.0 Å². The standard InChI is InChI=1S/C11H10N2O4/c1-15-10-12-13(11(14)17-10)8-4-2-3-7-5-6-16-9(7)8/h2-4H,5-6H2,1H3. The highest BCUT2D eigenvalue weighted by Crippen LogP contribution is 2.31. The minimum atomic E-state index is -0.592. The zero-order chi connectivity index (χ0) is 11.8. The Balaban J connectivity index is 2.19. The van der Waals surface area contributed by atoms with Gasteiger partial charge in [0.25, 0.3) is 0 Å². The molecular formula is C11H10N2O4. The van der Waals surface area contributed by atoms with E-state index in [9.17, 15) is 4.79 Å². The average Bonchev–Trinajstić information content (AvgIpc) is 2.94. The number of fused-ring (bicyclic) bond motifs is 1. The van der Waals surface area contributed by atoms with E-state index >= 15 is 0 Å². The molecule has 2 heterocycles. The molecule has 3 rings (SSSR count). The molecule has 0 atom stereocenters. The number of para-hydroxylation sites is 1. The van der Waals surface area contributed by atoms with E-state index in [1.165, 1.54) is 7.11 Å². The SMILES string of the molecule is COc1nn(-c2cccc3c2OCC3)c(=O)o1. The Bertz CT molecular complexity index is 614. The summed E-state index contributed by atoms with van der Waals surface area (Å²) in [6, 6.07) is 5.58. The number of benzene rings is 1. The second-order valence-electron chi connectivity index (χ2n) is 3.61. The highest BCUT2D eigenvalue weighted by atomic mass is 16.6. The fourth-order valence-corrected chi connectivity index (χ4v) is 1.86. The number of nitrogens with zero attached hydrogens (tertiary/aromatic N) is 2. The first-order valence-electron chi connectivity index (χ1n) is 5.19. The van der Waals surface area contributed by atoms with Crippen molar-refractivity contribution in [2.45, 2.75) is 6.42 Å². The third-order valence-corrected chi connectivity index (χ3v) is 2.63. The Morgan fingerprint density at radius 2 is 2.35 bits per heavy atom. The van der Waals surface area contributed by atoms with E-state index in [1.807, 2.05) is 12.1 Å². The van der Waals surface area contributed by atoms with Crippen LogP contribution in [0.4, 0.5) is 0 Å². The van der Waals surface area contributed by atoms with Gasteiger partial charge in [0.1, 0.15) is 11.4 Å². The van der Waals surface area contributed by atoms with Gasteiger partial charge in [-0.05, 0) is 11.6 Å². The molecule has 0 amide bonds. The summed E-state index contributed by atoms with van der Waals surface area (Å²) in [5.41, 5.74) is 1.65. The Morgan fingerprint density at radius 1 is 1.47 bits per heavy atom. The van der Waals surface area contributed by atoms with Gasteiger partial charge < -0.3 is 13.9 Å². The number of ether oxygens (including phenoxy) is 2. The Kier molecular flexibility index (Phi) is 2.14. The molecule has 0 bridgehead atoms. The monoisotopic (exact) mass is 234 g/mol. The summed E-state index contributed by atoms with van der Waals surface area (Å²) in [7, 11) is 1.39. The lowest BCUT2D eigenvalue weighted by atomic mass is 10.1. The van der Waals surface area contributed by atoms with Gasteiger partial charge in [-0.1, -0.05) is 17.2 Å². The van der Waals surface area contributed by atoms with Crippen molar-refractivity contribution in [1.82, 2.24) is 9.78 Å². The van der Waals surface area contributed by atoms with E-state index < -0.39 is 5.76 Å². The van der Waals surface area contributed by atoms with E-state index in [1.54, 1.807) is 6.07 Å². The molecule has 0 saturated heterocycles. The molecule has 0 N–H and O–H groups in total. The smallest absolute Gasteiger partial charge is 0.444 e. The van der Waals surface area contributed by atoms with Crippen LogP contribution in [0, 0.1) is 0 Å². The molecule has 0 fully saturated rings. The minimum Gasteiger partial charge on any atom is -0.491 e. The van der Waals surface area contributed by atoms with Gasteiger partial charge in [-0.2, -0.15) is 4.68 Å². The maximum atomic E-state index is 11.6. The topological polar surface area (TPSA) is 66.5 Å². The van der Waals surface area contributed by atoms with Gasteiger partial charge in [-0.15, -0.1) is 0 Å². The number of aromatic nitrogens is 2.